The Bertz CT molecular complexity index is 842. The minimum absolute atomic E-state index is 0.0634. The van der Waals surface area contributed by atoms with Gasteiger partial charge in [0.25, 0.3) is 0 Å². The predicted molar refractivity (Wildman–Crippen MR) is 125 cm³/mol. The van der Waals surface area contributed by atoms with Gasteiger partial charge in [-0.15, -0.1) is 0 Å². The van der Waals surface area contributed by atoms with E-state index in [1.165, 1.54) is 12.1 Å². The molecule has 6 N–H and O–H groups in total. The van der Waals surface area contributed by atoms with Gasteiger partial charge in [-0.3, -0.25) is 14.4 Å². The minimum atomic E-state index is -1.18. The highest BCUT2D eigenvalue weighted by Crippen LogP contribution is 2.13. The smallest absolute Gasteiger partial charge is 0.326 e. The molecule has 33 heavy (non-hydrogen) atoms. The summed E-state index contributed by atoms with van der Waals surface area (Å²) in [7, 11) is 0. The lowest BCUT2D eigenvalue weighted by Crippen LogP contribution is -2.58. The highest BCUT2D eigenvalue weighted by atomic mass is 32.1. The van der Waals surface area contributed by atoms with E-state index < -0.39 is 42.0 Å². The molecule has 1 aliphatic rings. The molecule has 1 aromatic carbocycles. The van der Waals surface area contributed by atoms with Crippen molar-refractivity contribution in [3.63, 3.8) is 0 Å². The molecule has 0 spiro atoms. The van der Waals surface area contributed by atoms with Crippen molar-refractivity contribution in [3.05, 3.63) is 29.8 Å². The summed E-state index contributed by atoms with van der Waals surface area (Å²) in [5, 5.41) is 29.6. The summed E-state index contributed by atoms with van der Waals surface area (Å²) in [5.74, 6) is -3.11. The van der Waals surface area contributed by atoms with Gasteiger partial charge in [-0.25, -0.2) is 4.79 Å². The number of carboxylic acid groups (broad SMARTS) is 1. The Labute approximate surface area is 198 Å². The molecular weight excluding hydrogens is 448 g/mol. The number of rotatable bonds is 11. The molecule has 1 aromatic rings. The van der Waals surface area contributed by atoms with Gasteiger partial charge in [0, 0.05) is 12.2 Å². The van der Waals surface area contributed by atoms with Crippen molar-refractivity contribution in [2.75, 3.05) is 12.3 Å². The van der Waals surface area contributed by atoms with E-state index in [9.17, 15) is 29.4 Å². The Balaban J connectivity index is 2.13. The van der Waals surface area contributed by atoms with E-state index in [4.69, 9.17) is 0 Å². The highest BCUT2D eigenvalue weighted by Gasteiger charge is 2.31. The van der Waals surface area contributed by atoms with Gasteiger partial charge >= 0.3 is 5.97 Å². The van der Waals surface area contributed by atoms with E-state index in [0.29, 0.717) is 12.0 Å². The first kappa shape index (κ1) is 26.5. The SMILES string of the molecule is CC(C)C(NC(=O)C(CS)NC(=O)C(Cc1ccc(O)cc1)NC(=O)C1CCCN1)C(=O)O. The average Bonchev–Trinajstić information content (AvgIpc) is 3.31. The van der Waals surface area contributed by atoms with Crippen molar-refractivity contribution in [2.24, 2.45) is 5.92 Å². The number of hydrogen-bond acceptors (Lipinski definition) is 7. The lowest BCUT2D eigenvalue weighted by molar-refractivity contribution is -0.143. The summed E-state index contributed by atoms with van der Waals surface area (Å²) in [4.78, 5) is 49.7. The van der Waals surface area contributed by atoms with Crippen molar-refractivity contribution >= 4 is 36.3 Å². The standard InChI is InChI=1S/C22H32N4O6S/c1-12(2)18(22(31)32)26-21(30)17(11-33)25-20(29)16(10-13-5-7-14(27)8-6-13)24-19(28)15-4-3-9-23-15/h5-8,12,15-18,23,27,33H,3-4,9-11H2,1-2H3,(H,24,28)(H,25,29)(H,26,30)(H,31,32). The van der Waals surface area contributed by atoms with Gasteiger partial charge in [0.15, 0.2) is 0 Å². The van der Waals surface area contributed by atoms with Gasteiger partial charge in [-0.1, -0.05) is 26.0 Å². The quantitative estimate of drug-likeness (QED) is 0.216. The number of carboxylic acids is 1. The first-order valence-corrected chi connectivity index (χ1v) is 11.5. The second-order valence-electron chi connectivity index (χ2n) is 8.39. The molecule has 4 unspecified atom stereocenters. The monoisotopic (exact) mass is 480 g/mol. The number of carbonyl (C=O) groups excluding carboxylic acids is 3. The third-order valence-corrected chi connectivity index (χ3v) is 5.80. The normalized spacial score (nSPS) is 18.2. The number of benzene rings is 1. The average molecular weight is 481 g/mol. The van der Waals surface area contributed by atoms with Gasteiger partial charge < -0.3 is 31.5 Å². The maximum Gasteiger partial charge on any atom is 0.326 e. The Kier molecular flexibility index (Phi) is 9.98. The molecule has 0 aromatic heterocycles. The molecule has 0 saturated carbocycles. The molecule has 3 amide bonds. The van der Waals surface area contributed by atoms with Crippen LogP contribution in [0.1, 0.15) is 32.3 Å². The summed E-state index contributed by atoms with van der Waals surface area (Å²) >= 11 is 4.13. The van der Waals surface area contributed by atoms with Crippen molar-refractivity contribution in [3.8, 4) is 5.75 Å². The molecule has 0 aliphatic carbocycles. The summed E-state index contributed by atoms with van der Waals surface area (Å²) in [6, 6.07) is 2.64. The van der Waals surface area contributed by atoms with Crippen molar-refractivity contribution in [2.45, 2.75) is 57.3 Å². The fraction of sp³-hybridized carbons (Fsp3) is 0.545. The van der Waals surface area contributed by atoms with Crippen LogP contribution in [0, 0.1) is 5.92 Å². The molecule has 1 saturated heterocycles. The zero-order valence-electron chi connectivity index (χ0n) is 18.7. The third-order valence-electron chi connectivity index (χ3n) is 5.43. The second kappa shape index (κ2) is 12.4. The largest absolute Gasteiger partial charge is 0.508 e. The van der Waals surface area contributed by atoms with E-state index in [1.807, 2.05) is 0 Å². The molecule has 1 heterocycles. The van der Waals surface area contributed by atoms with Crippen LogP contribution in [-0.2, 0) is 25.6 Å². The zero-order chi connectivity index (χ0) is 24.5. The number of carbonyl (C=O) groups is 4. The van der Waals surface area contributed by atoms with Crippen LogP contribution in [0.5, 0.6) is 5.75 Å². The fourth-order valence-electron chi connectivity index (χ4n) is 3.49. The first-order valence-electron chi connectivity index (χ1n) is 10.9. The van der Waals surface area contributed by atoms with E-state index in [0.717, 1.165) is 13.0 Å². The Morgan fingerprint density at radius 2 is 1.70 bits per heavy atom. The van der Waals surface area contributed by atoms with Gasteiger partial charge in [0.2, 0.25) is 17.7 Å². The molecule has 11 heteroatoms. The Hall–Kier alpha value is -2.79. The maximum absolute atomic E-state index is 13.1. The third kappa shape index (κ3) is 7.93. The van der Waals surface area contributed by atoms with E-state index in [1.54, 1.807) is 26.0 Å². The Morgan fingerprint density at radius 3 is 2.21 bits per heavy atom. The Morgan fingerprint density at radius 1 is 1.06 bits per heavy atom. The van der Waals surface area contributed by atoms with E-state index in [2.05, 4.69) is 33.9 Å². The molecule has 2 rings (SSSR count). The molecule has 4 atom stereocenters. The summed E-state index contributed by atoms with van der Waals surface area (Å²) in [5.41, 5.74) is 0.699. The number of phenolic OH excluding ortho intramolecular Hbond substituents is 1. The summed E-state index contributed by atoms with van der Waals surface area (Å²) in [6.45, 7) is 4.04. The fourth-order valence-corrected chi connectivity index (χ4v) is 3.75. The number of thiol groups is 1. The van der Waals surface area contributed by atoms with E-state index in [-0.39, 0.29) is 29.7 Å². The second-order valence-corrected chi connectivity index (χ2v) is 8.76. The van der Waals surface area contributed by atoms with Gasteiger partial charge in [0.1, 0.15) is 23.9 Å². The first-order chi connectivity index (χ1) is 15.6. The predicted octanol–water partition coefficient (Wildman–Crippen LogP) is -0.188. The molecule has 1 aliphatic heterocycles. The molecule has 0 radical (unpaired) electrons. The van der Waals surface area contributed by atoms with E-state index >= 15 is 0 Å². The number of aliphatic carboxylic acids is 1. The molecular formula is C22H32N4O6S. The molecule has 10 nitrogen and oxygen atoms in total. The highest BCUT2D eigenvalue weighted by molar-refractivity contribution is 7.80. The van der Waals surface area contributed by atoms with Crippen LogP contribution in [0.15, 0.2) is 24.3 Å². The lowest BCUT2D eigenvalue weighted by atomic mass is 10.0. The van der Waals surface area contributed by atoms with Crippen LogP contribution in [0.4, 0.5) is 0 Å². The van der Waals surface area contributed by atoms with Gasteiger partial charge in [-0.2, -0.15) is 12.6 Å². The van der Waals surface area contributed by atoms with Crippen molar-refractivity contribution in [1.82, 2.24) is 21.3 Å². The number of nitrogens with one attached hydrogen (secondary N) is 4. The van der Waals surface area contributed by atoms with Gasteiger partial charge in [-0.05, 0) is 43.0 Å². The van der Waals surface area contributed by atoms with Crippen LogP contribution in [0.2, 0.25) is 0 Å². The zero-order valence-corrected chi connectivity index (χ0v) is 19.6. The molecule has 1 fully saturated rings. The number of phenols is 1. The maximum atomic E-state index is 13.1. The lowest BCUT2D eigenvalue weighted by Gasteiger charge is -2.25. The van der Waals surface area contributed by atoms with Crippen LogP contribution in [-0.4, -0.2) is 70.4 Å². The topological polar surface area (TPSA) is 157 Å². The minimum Gasteiger partial charge on any atom is -0.508 e. The summed E-state index contributed by atoms with van der Waals surface area (Å²) in [6.07, 6.45) is 1.65. The molecule has 0 bridgehead atoms. The van der Waals surface area contributed by atoms with Crippen molar-refractivity contribution in [1.29, 1.82) is 0 Å². The van der Waals surface area contributed by atoms with Crippen LogP contribution < -0.4 is 21.3 Å². The number of amides is 3. The van der Waals surface area contributed by atoms with Crippen LogP contribution in [0.3, 0.4) is 0 Å². The van der Waals surface area contributed by atoms with Crippen LogP contribution >= 0.6 is 12.6 Å². The summed E-state index contributed by atoms with van der Waals surface area (Å²) < 4.78 is 0. The van der Waals surface area contributed by atoms with Gasteiger partial charge in [0.05, 0.1) is 6.04 Å². The van der Waals surface area contributed by atoms with Crippen molar-refractivity contribution < 1.29 is 29.4 Å². The molecule has 182 valence electrons. The number of hydrogen-bond donors (Lipinski definition) is 7. The number of aromatic hydroxyl groups is 1. The van der Waals surface area contributed by atoms with Crippen LogP contribution in [0.25, 0.3) is 0 Å².